The average Bonchev–Trinajstić information content (AvgIpc) is 2.76. The van der Waals surface area contributed by atoms with Gasteiger partial charge in [0.25, 0.3) is 0 Å². The van der Waals surface area contributed by atoms with Gasteiger partial charge in [-0.25, -0.2) is 0 Å². The first-order valence-corrected chi connectivity index (χ1v) is 11.8. The lowest BCUT2D eigenvalue weighted by Crippen LogP contribution is -2.02. The summed E-state index contributed by atoms with van der Waals surface area (Å²) in [6.45, 7) is 8.96. The third-order valence-electron chi connectivity index (χ3n) is 5.73. The minimum absolute atomic E-state index is 1.01. The van der Waals surface area contributed by atoms with E-state index < -0.39 is 0 Å². The molecule has 3 rings (SSSR count). The summed E-state index contributed by atoms with van der Waals surface area (Å²) < 4.78 is 0. The summed E-state index contributed by atoms with van der Waals surface area (Å²) in [5.74, 6) is 0. The van der Waals surface area contributed by atoms with E-state index >= 15 is 0 Å². The third-order valence-corrected chi connectivity index (χ3v) is 5.73. The molecule has 2 heteroatoms. The number of aromatic nitrogens is 2. The lowest BCUT2D eigenvalue weighted by Gasteiger charge is -2.16. The molecule has 158 valence electrons. The minimum Gasteiger partial charge on any atom is -0.150 e. The van der Waals surface area contributed by atoms with Crippen LogP contribution in [0.2, 0.25) is 0 Å². The van der Waals surface area contributed by atoms with Crippen LogP contribution < -0.4 is 0 Å². The smallest absolute Gasteiger partial charge is 0.0935 e. The molecule has 2 aromatic carbocycles. The van der Waals surface area contributed by atoms with Gasteiger partial charge in [0.2, 0.25) is 0 Å². The molecule has 0 saturated heterocycles. The number of rotatable bonds is 10. The van der Waals surface area contributed by atoms with E-state index in [0.29, 0.717) is 0 Å². The monoisotopic (exact) mass is 400 g/mol. The largest absolute Gasteiger partial charge is 0.150 e. The van der Waals surface area contributed by atoms with Gasteiger partial charge in [0.05, 0.1) is 11.4 Å². The lowest BCUT2D eigenvalue weighted by atomic mass is 9.91. The normalized spacial score (nSPS) is 11.1. The van der Waals surface area contributed by atoms with Crippen LogP contribution in [0.15, 0.2) is 48.5 Å². The number of hydrogen-bond acceptors (Lipinski definition) is 2. The molecule has 0 amide bonds. The zero-order valence-electron chi connectivity index (χ0n) is 19.2. The average molecular weight is 401 g/mol. The molecule has 0 fully saturated rings. The van der Waals surface area contributed by atoms with E-state index in [0.717, 1.165) is 62.8 Å². The van der Waals surface area contributed by atoms with Crippen molar-refractivity contribution in [3.63, 3.8) is 0 Å². The van der Waals surface area contributed by atoms with E-state index in [9.17, 15) is 0 Å². The van der Waals surface area contributed by atoms with E-state index in [-0.39, 0.29) is 0 Å². The van der Waals surface area contributed by atoms with Crippen LogP contribution in [0.3, 0.4) is 0 Å². The summed E-state index contributed by atoms with van der Waals surface area (Å²) in [6.07, 6.45) is 8.87. The maximum Gasteiger partial charge on any atom is 0.0935 e. The highest BCUT2D eigenvalue weighted by Gasteiger charge is 2.15. The maximum absolute atomic E-state index is 4.76. The Labute approximate surface area is 182 Å². The first-order valence-electron chi connectivity index (χ1n) is 11.8. The Kier molecular flexibility index (Phi) is 8.19. The number of benzene rings is 2. The molecule has 30 heavy (non-hydrogen) atoms. The van der Waals surface area contributed by atoms with Crippen molar-refractivity contribution in [3.8, 4) is 22.5 Å². The molecule has 2 nitrogen and oxygen atoms in total. The SMILES string of the molecule is CCCc1cccc(CCC)c1-c1ccc(-c2c(CCC)cccc2CCC)nn1. The Morgan fingerprint density at radius 3 is 1.00 bits per heavy atom. The Bertz CT molecular complexity index is 814. The molecule has 1 heterocycles. The van der Waals surface area contributed by atoms with Crippen molar-refractivity contribution in [2.75, 3.05) is 0 Å². The van der Waals surface area contributed by atoms with Crippen molar-refractivity contribution in [1.29, 1.82) is 0 Å². The van der Waals surface area contributed by atoms with Crippen LogP contribution in [0, 0.1) is 0 Å². The van der Waals surface area contributed by atoms with Crippen molar-refractivity contribution in [3.05, 3.63) is 70.8 Å². The summed E-state index contributed by atoms with van der Waals surface area (Å²) in [7, 11) is 0. The summed E-state index contributed by atoms with van der Waals surface area (Å²) >= 11 is 0. The Balaban J connectivity index is 2.07. The van der Waals surface area contributed by atoms with Crippen LogP contribution >= 0.6 is 0 Å². The fourth-order valence-corrected chi connectivity index (χ4v) is 4.47. The standard InChI is InChI=1S/C28H36N2/c1-5-11-21-15-9-16-22(12-6-2)27(21)25-19-20-26(30-29-25)28-23(13-7-3)17-10-18-24(28)14-8-4/h9-10,15-20H,5-8,11-14H2,1-4H3. The van der Waals surface area contributed by atoms with E-state index in [2.05, 4.69) is 76.2 Å². The van der Waals surface area contributed by atoms with Crippen LogP contribution in [0.25, 0.3) is 22.5 Å². The van der Waals surface area contributed by atoms with Crippen molar-refractivity contribution in [1.82, 2.24) is 10.2 Å². The first kappa shape index (κ1) is 22.2. The van der Waals surface area contributed by atoms with Gasteiger partial charge >= 0.3 is 0 Å². The minimum atomic E-state index is 1.01. The van der Waals surface area contributed by atoms with Gasteiger partial charge in [-0.3, -0.25) is 0 Å². The van der Waals surface area contributed by atoms with Gasteiger partial charge in [0, 0.05) is 11.1 Å². The summed E-state index contributed by atoms with van der Waals surface area (Å²) in [5.41, 5.74) is 10.2. The van der Waals surface area contributed by atoms with Crippen LogP contribution in [0.4, 0.5) is 0 Å². The topological polar surface area (TPSA) is 25.8 Å². The number of hydrogen-bond donors (Lipinski definition) is 0. The van der Waals surface area contributed by atoms with Gasteiger partial charge in [-0.05, 0) is 60.1 Å². The Hall–Kier alpha value is -2.48. The third kappa shape index (κ3) is 4.98. The molecule has 1 aromatic heterocycles. The zero-order valence-corrected chi connectivity index (χ0v) is 19.2. The highest BCUT2D eigenvalue weighted by atomic mass is 15.1. The molecule has 0 spiro atoms. The zero-order chi connectivity index (χ0) is 21.3. The quantitative estimate of drug-likeness (QED) is 0.350. The molecule has 0 aliphatic carbocycles. The lowest BCUT2D eigenvalue weighted by molar-refractivity contribution is 0.889. The molecule has 0 unspecified atom stereocenters. The second kappa shape index (κ2) is 11.1. The van der Waals surface area contributed by atoms with Gasteiger partial charge in [-0.2, -0.15) is 0 Å². The van der Waals surface area contributed by atoms with E-state index in [1.54, 1.807) is 0 Å². The first-order chi connectivity index (χ1) is 14.7. The van der Waals surface area contributed by atoms with Crippen LogP contribution in [0.5, 0.6) is 0 Å². The molecule has 0 bridgehead atoms. The highest BCUT2D eigenvalue weighted by molar-refractivity contribution is 5.72. The fourth-order valence-electron chi connectivity index (χ4n) is 4.47. The summed E-state index contributed by atoms with van der Waals surface area (Å²) in [5, 5.41) is 9.53. The molecule has 0 aliphatic rings. The molecule has 0 aliphatic heterocycles. The highest BCUT2D eigenvalue weighted by Crippen LogP contribution is 2.32. The van der Waals surface area contributed by atoms with Crippen molar-refractivity contribution < 1.29 is 0 Å². The second-order valence-corrected chi connectivity index (χ2v) is 8.21. The van der Waals surface area contributed by atoms with E-state index in [1.165, 1.54) is 33.4 Å². The van der Waals surface area contributed by atoms with Gasteiger partial charge in [-0.15, -0.1) is 10.2 Å². The Morgan fingerprint density at radius 2 is 0.767 bits per heavy atom. The second-order valence-electron chi connectivity index (χ2n) is 8.21. The van der Waals surface area contributed by atoms with Crippen molar-refractivity contribution in [2.24, 2.45) is 0 Å². The predicted octanol–water partition coefficient (Wildman–Crippen LogP) is 7.62. The summed E-state index contributed by atoms with van der Waals surface area (Å²) in [6, 6.07) is 17.8. The molecule has 0 radical (unpaired) electrons. The van der Waals surface area contributed by atoms with Gasteiger partial charge < -0.3 is 0 Å². The molecule has 3 aromatic rings. The molecule has 0 atom stereocenters. The van der Waals surface area contributed by atoms with Gasteiger partial charge in [0.15, 0.2) is 0 Å². The molecular formula is C28H36N2. The van der Waals surface area contributed by atoms with Gasteiger partial charge in [0.1, 0.15) is 0 Å². The molecule has 0 N–H and O–H groups in total. The molecule has 0 saturated carbocycles. The van der Waals surface area contributed by atoms with Crippen LogP contribution in [0.1, 0.15) is 75.6 Å². The Morgan fingerprint density at radius 1 is 0.467 bits per heavy atom. The number of nitrogens with zero attached hydrogens (tertiary/aromatic N) is 2. The van der Waals surface area contributed by atoms with E-state index in [4.69, 9.17) is 10.2 Å². The van der Waals surface area contributed by atoms with Crippen LogP contribution in [-0.2, 0) is 25.7 Å². The summed E-state index contributed by atoms with van der Waals surface area (Å²) in [4.78, 5) is 0. The molecular weight excluding hydrogens is 364 g/mol. The van der Waals surface area contributed by atoms with Crippen LogP contribution in [-0.4, -0.2) is 10.2 Å². The predicted molar refractivity (Wildman–Crippen MR) is 129 cm³/mol. The van der Waals surface area contributed by atoms with E-state index in [1.807, 2.05) is 0 Å². The van der Waals surface area contributed by atoms with Crippen molar-refractivity contribution >= 4 is 0 Å². The maximum atomic E-state index is 4.76. The fraction of sp³-hybridized carbons (Fsp3) is 0.429. The van der Waals surface area contributed by atoms with Crippen molar-refractivity contribution in [2.45, 2.75) is 79.1 Å². The van der Waals surface area contributed by atoms with Gasteiger partial charge in [-0.1, -0.05) is 89.8 Å². The number of aryl methyl sites for hydroxylation is 4.